The van der Waals surface area contributed by atoms with Gasteiger partial charge in [0.15, 0.2) is 0 Å². The molecule has 0 radical (unpaired) electrons. The van der Waals surface area contributed by atoms with E-state index in [0.29, 0.717) is 31.7 Å². The summed E-state index contributed by atoms with van der Waals surface area (Å²) < 4.78 is 0. The number of nitrogens with zero attached hydrogens (tertiary/aromatic N) is 1. The van der Waals surface area contributed by atoms with Gasteiger partial charge in [-0.25, -0.2) is 4.79 Å². The lowest BCUT2D eigenvalue weighted by Crippen LogP contribution is -2.51. The predicted molar refractivity (Wildman–Crippen MR) is 103 cm³/mol. The van der Waals surface area contributed by atoms with Gasteiger partial charge < -0.3 is 16.4 Å². The van der Waals surface area contributed by atoms with Crippen molar-refractivity contribution in [1.82, 2.24) is 15.5 Å². The van der Waals surface area contributed by atoms with E-state index in [9.17, 15) is 14.4 Å². The van der Waals surface area contributed by atoms with Crippen molar-refractivity contribution in [1.29, 1.82) is 0 Å². The number of nitrogens with one attached hydrogen (secondary N) is 2. The number of urea groups is 1. The first-order valence-electron chi connectivity index (χ1n) is 9.21. The van der Waals surface area contributed by atoms with E-state index >= 15 is 0 Å². The van der Waals surface area contributed by atoms with Gasteiger partial charge in [-0.15, -0.1) is 12.4 Å². The molecule has 2 rings (SSSR count). The topological polar surface area (TPSA) is 105 Å². The Hall–Kier alpha value is -1.34. The molecule has 1 atom stereocenters. The maximum absolute atomic E-state index is 12.8. The average Bonchev–Trinajstić information content (AvgIpc) is 2.71. The molecule has 26 heavy (non-hydrogen) atoms. The number of rotatable bonds is 5. The average molecular weight is 389 g/mol. The van der Waals surface area contributed by atoms with Gasteiger partial charge in [0.25, 0.3) is 5.91 Å². The van der Waals surface area contributed by atoms with Gasteiger partial charge in [-0.05, 0) is 50.4 Å². The number of nitrogens with two attached hydrogens (primary N) is 1. The zero-order valence-corrected chi connectivity index (χ0v) is 17.1. The van der Waals surface area contributed by atoms with Crippen molar-refractivity contribution < 1.29 is 14.4 Å². The molecular weight excluding hydrogens is 356 g/mol. The summed E-state index contributed by atoms with van der Waals surface area (Å²) in [4.78, 5) is 38.1. The molecule has 0 aromatic carbocycles. The quantitative estimate of drug-likeness (QED) is 0.624. The first-order valence-corrected chi connectivity index (χ1v) is 9.21. The van der Waals surface area contributed by atoms with Gasteiger partial charge in [0.2, 0.25) is 5.91 Å². The molecular formula is C18H33ClN4O3. The number of carbonyl (C=O) groups excluding carboxylic acids is 3. The van der Waals surface area contributed by atoms with Crippen LogP contribution in [0.4, 0.5) is 4.79 Å². The molecule has 150 valence electrons. The normalized spacial score (nSPS) is 27.1. The summed E-state index contributed by atoms with van der Waals surface area (Å²) in [5.41, 5.74) is 5.03. The lowest BCUT2D eigenvalue weighted by atomic mass is 9.67. The maximum Gasteiger partial charge on any atom is 0.325 e. The van der Waals surface area contributed by atoms with Gasteiger partial charge >= 0.3 is 6.03 Å². The number of imide groups is 1. The molecule has 4 N–H and O–H groups in total. The molecule has 2 fully saturated rings. The first-order chi connectivity index (χ1) is 11.5. The highest BCUT2D eigenvalue weighted by Gasteiger charge is 2.53. The fraction of sp³-hybridized carbons (Fsp3) is 0.833. The SMILES string of the molecule is CC(N)CCNC(=O)CN1C(=O)NC2(CCC(C(C)(C)C)CC2)C1=O.Cl. The van der Waals surface area contributed by atoms with Crippen LogP contribution < -0.4 is 16.4 Å². The molecule has 0 aromatic heterocycles. The standard InChI is InChI=1S/C18H32N4O3.ClH/c1-12(19)7-10-20-14(23)11-22-15(24)18(21-16(22)25)8-5-13(6-9-18)17(2,3)4;/h12-13H,5-11,19H2,1-4H3,(H,20,23)(H,21,25);1H. The van der Waals surface area contributed by atoms with Crippen molar-refractivity contribution in [3.8, 4) is 0 Å². The molecule has 2 aliphatic rings. The van der Waals surface area contributed by atoms with Crippen molar-refractivity contribution in [2.75, 3.05) is 13.1 Å². The van der Waals surface area contributed by atoms with Crippen LogP contribution in [0.3, 0.4) is 0 Å². The van der Waals surface area contributed by atoms with Crippen molar-refractivity contribution in [2.45, 2.75) is 71.4 Å². The molecule has 1 aliphatic carbocycles. The summed E-state index contributed by atoms with van der Waals surface area (Å²) in [5.74, 6) is -0.0461. The van der Waals surface area contributed by atoms with E-state index in [2.05, 4.69) is 31.4 Å². The van der Waals surface area contributed by atoms with E-state index in [4.69, 9.17) is 5.73 Å². The van der Waals surface area contributed by atoms with E-state index in [0.717, 1.165) is 17.7 Å². The van der Waals surface area contributed by atoms with Crippen molar-refractivity contribution in [3.63, 3.8) is 0 Å². The molecule has 1 saturated carbocycles. The predicted octanol–water partition coefficient (Wildman–Crippen LogP) is 1.79. The minimum Gasteiger partial charge on any atom is -0.354 e. The van der Waals surface area contributed by atoms with Crippen LogP contribution in [0.25, 0.3) is 0 Å². The Balaban J connectivity index is 0.00000338. The van der Waals surface area contributed by atoms with Crippen molar-refractivity contribution in [2.24, 2.45) is 17.1 Å². The zero-order valence-electron chi connectivity index (χ0n) is 16.3. The fourth-order valence-corrected chi connectivity index (χ4v) is 3.77. The molecule has 4 amide bonds. The molecule has 1 heterocycles. The van der Waals surface area contributed by atoms with Crippen LogP contribution in [0.15, 0.2) is 0 Å². The summed E-state index contributed by atoms with van der Waals surface area (Å²) in [5, 5.41) is 5.57. The number of hydrogen-bond acceptors (Lipinski definition) is 4. The zero-order chi connectivity index (χ0) is 18.8. The third kappa shape index (κ3) is 5.10. The Morgan fingerprint density at radius 1 is 1.35 bits per heavy atom. The van der Waals surface area contributed by atoms with Gasteiger partial charge in [0, 0.05) is 12.6 Å². The molecule has 7 nitrogen and oxygen atoms in total. The van der Waals surface area contributed by atoms with Crippen molar-refractivity contribution >= 4 is 30.3 Å². The smallest absolute Gasteiger partial charge is 0.325 e. The molecule has 1 spiro atoms. The molecule has 0 aromatic rings. The largest absolute Gasteiger partial charge is 0.354 e. The second kappa shape index (κ2) is 8.57. The second-order valence-corrected chi connectivity index (χ2v) is 8.66. The third-order valence-electron chi connectivity index (χ3n) is 5.53. The Labute approximate surface area is 162 Å². The van der Waals surface area contributed by atoms with E-state index in [1.54, 1.807) is 0 Å². The van der Waals surface area contributed by atoms with Gasteiger partial charge in [-0.1, -0.05) is 20.8 Å². The minimum atomic E-state index is -0.815. The van der Waals surface area contributed by atoms with Crippen LogP contribution in [0.5, 0.6) is 0 Å². The Bertz CT molecular complexity index is 537. The summed E-state index contributed by atoms with van der Waals surface area (Å²) in [6.45, 7) is 8.71. The molecule has 1 aliphatic heterocycles. The number of amides is 4. The molecule has 1 saturated heterocycles. The third-order valence-corrected chi connectivity index (χ3v) is 5.53. The first kappa shape index (κ1) is 22.7. The highest BCUT2D eigenvalue weighted by Crippen LogP contribution is 2.43. The monoisotopic (exact) mass is 388 g/mol. The lowest BCUT2D eigenvalue weighted by Gasteiger charge is -2.40. The van der Waals surface area contributed by atoms with Gasteiger partial charge in [-0.3, -0.25) is 14.5 Å². The highest BCUT2D eigenvalue weighted by atomic mass is 35.5. The Morgan fingerprint density at radius 3 is 2.42 bits per heavy atom. The fourth-order valence-electron chi connectivity index (χ4n) is 3.77. The minimum absolute atomic E-state index is 0. The van der Waals surface area contributed by atoms with E-state index < -0.39 is 11.6 Å². The van der Waals surface area contributed by atoms with Crippen LogP contribution in [-0.4, -0.2) is 47.4 Å². The van der Waals surface area contributed by atoms with E-state index in [1.165, 1.54) is 0 Å². The Kier molecular flexibility index (Phi) is 7.48. The van der Waals surface area contributed by atoms with E-state index in [-0.39, 0.29) is 42.2 Å². The second-order valence-electron chi connectivity index (χ2n) is 8.66. The number of halogens is 1. The molecule has 8 heteroatoms. The van der Waals surface area contributed by atoms with Crippen molar-refractivity contribution in [3.05, 3.63) is 0 Å². The van der Waals surface area contributed by atoms with E-state index in [1.807, 2.05) is 6.92 Å². The number of carbonyl (C=O) groups is 3. The van der Waals surface area contributed by atoms with Crippen LogP contribution >= 0.6 is 12.4 Å². The lowest BCUT2D eigenvalue weighted by molar-refractivity contribution is -0.136. The summed E-state index contributed by atoms with van der Waals surface area (Å²) >= 11 is 0. The van der Waals surface area contributed by atoms with Gasteiger partial charge in [0.1, 0.15) is 12.1 Å². The Morgan fingerprint density at radius 2 is 1.92 bits per heavy atom. The van der Waals surface area contributed by atoms with Crippen LogP contribution in [0, 0.1) is 11.3 Å². The summed E-state index contributed by atoms with van der Waals surface area (Å²) in [7, 11) is 0. The maximum atomic E-state index is 12.8. The molecule has 0 bridgehead atoms. The van der Waals surface area contributed by atoms with Crippen LogP contribution in [0.2, 0.25) is 0 Å². The van der Waals surface area contributed by atoms with Crippen LogP contribution in [0.1, 0.15) is 59.8 Å². The van der Waals surface area contributed by atoms with Crippen LogP contribution in [-0.2, 0) is 9.59 Å². The number of hydrogen-bond donors (Lipinski definition) is 3. The molecule has 1 unspecified atom stereocenters. The summed E-state index contributed by atoms with van der Waals surface area (Å²) in [6.07, 6.45) is 3.75. The van der Waals surface area contributed by atoms with Gasteiger partial charge in [0.05, 0.1) is 0 Å². The highest BCUT2D eigenvalue weighted by molar-refractivity contribution is 6.09. The summed E-state index contributed by atoms with van der Waals surface area (Å²) in [6, 6.07) is -0.458. The van der Waals surface area contributed by atoms with Gasteiger partial charge in [-0.2, -0.15) is 0 Å².